The summed E-state index contributed by atoms with van der Waals surface area (Å²) in [5, 5.41) is 9.69. The lowest BCUT2D eigenvalue weighted by atomic mass is 10.0. The number of aryl methyl sites for hydroxylation is 2. The van der Waals surface area contributed by atoms with Crippen LogP contribution in [0.5, 0.6) is 0 Å². The minimum Gasteiger partial charge on any atom is -0.457 e. The van der Waals surface area contributed by atoms with Crippen LogP contribution < -0.4 is 11.3 Å². The maximum Gasteiger partial charge on any atom is 0.152 e. The summed E-state index contributed by atoms with van der Waals surface area (Å²) in [7, 11) is 0. The van der Waals surface area contributed by atoms with E-state index in [0.717, 1.165) is 22.3 Å². The van der Waals surface area contributed by atoms with Gasteiger partial charge in [0.05, 0.1) is 16.4 Å². The Labute approximate surface area is 127 Å². The lowest BCUT2D eigenvalue weighted by Crippen LogP contribution is -2.29. The number of hydrogen-bond acceptors (Lipinski definition) is 5. The molecule has 0 amide bonds. The van der Waals surface area contributed by atoms with Crippen molar-refractivity contribution in [3.05, 3.63) is 58.1 Å². The van der Waals surface area contributed by atoms with Crippen LogP contribution in [0.25, 0.3) is 11.0 Å². The van der Waals surface area contributed by atoms with E-state index in [1.807, 2.05) is 38.1 Å². The van der Waals surface area contributed by atoms with Gasteiger partial charge in [-0.1, -0.05) is 23.7 Å². The second-order valence-corrected chi connectivity index (χ2v) is 5.34. The molecule has 2 heterocycles. The molecule has 3 aromatic rings. The zero-order valence-electron chi connectivity index (χ0n) is 11.7. The van der Waals surface area contributed by atoms with Crippen molar-refractivity contribution in [2.75, 3.05) is 0 Å². The minimum absolute atomic E-state index is 0.303. The molecule has 0 radical (unpaired) electrons. The van der Waals surface area contributed by atoms with Gasteiger partial charge in [-0.2, -0.15) is 10.2 Å². The Balaban J connectivity index is 2.13. The molecule has 6 heteroatoms. The van der Waals surface area contributed by atoms with Crippen molar-refractivity contribution in [2.45, 2.75) is 19.9 Å². The van der Waals surface area contributed by atoms with Gasteiger partial charge < -0.3 is 4.42 Å². The quantitative estimate of drug-likeness (QED) is 0.574. The van der Waals surface area contributed by atoms with Crippen molar-refractivity contribution >= 4 is 22.6 Å². The molecule has 0 aliphatic rings. The third-order valence-corrected chi connectivity index (χ3v) is 3.71. The normalized spacial score (nSPS) is 12.8. The summed E-state index contributed by atoms with van der Waals surface area (Å²) < 4.78 is 5.88. The highest BCUT2D eigenvalue weighted by molar-refractivity contribution is 6.34. The fourth-order valence-electron chi connectivity index (χ4n) is 2.38. The van der Waals surface area contributed by atoms with Gasteiger partial charge in [-0.3, -0.25) is 5.84 Å². The van der Waals surface area contributed by atoms with E-state index < -0.39 is 0 Å². The van der Waals surface area contributed by atoms with Gasteiger partial charge in [-0.25, -0.2) is 5.43 Å². The van der Waals surface area contributed by atoms with Crippen LogP contribution in [0, 0.1) is 13.8 Å². The van der Waals surface area contributed by atoms with Crippen LogP contribution in [0.2, 0.25) is 5.02 Å². The Bertz CT molecular complexity index is 799. The Morgan fingerprint density at radius 1 is 1.24 bits per heavy atom. The minimum atomic E-state index is -0.303. The van der Waals surface area contributed by atoms with Crippen molar-refractivity contribution in [2.24, 2.45) is 5.84 Å². The van der Waals surface area contributed by atoms with Crippen molar-refractivity contribution in [3.8, 4) is 0 Å². The maximum absolute atomic E-state index is 6.15. The summed E-state index contributed by atoms with van der Waals surface area (Å²) in [4.78, 5) is 0. The van der Waals surface area contributed by atoms with E-state index >= 15 is 0 Å². The van der Waals surface area contributed by atoms with Gasteiger partial charge in [0, 0.05) is 10.9 Å². The third kappa shape index (κ3) is 2.51. The first-order valence-corrected chi connectivity index (χ1v) is 6.93. The molecule has 5 nitrogen and oxygen atoms in total. The molecule has 3 rings (SSSR count). The highest BCUT2D eigenvalue weighted by atomic mass is 35.5. The molecule has 0 aliphatic carbocycles. The average molecular weight is 303 g/mol. The van der Waals surface area contributed by atoms with Crippen LogP contribution in [-0.2, 0) is 0 Å². The molecule has 1 unspecified atom stereocenters. The van der Waals surface area contributed by atoms with E-state index in [9.17, 15) is 0 Å². The standard InChI is InChI=1S/C15H15ClN4O/c1-8-6-11(9(2)20-19-8)14(18-17)13-7-10-4-3-5-12(16)15(10)21-13/h3-7,14,18H,17H2,1-2H3. The molecule has 1 aromatic carbocycles. The smallest absolute Gasteiger partial charge is 0.152 e. The van der Waals surface area contributed by atoms with E-state index in [2.05, 4.69) is 15.6 Å². The van der Waals surface area contributed by atoms with Crippen LogP contribution in [-0.4, -0.2) is 10.2 Å². The second kappa shape index (κ2) is 5.44. The lowest BCUT2D eigenvalue weighted by Gasteiger charge is -2.15. The van der Waals surface area contributed by atoms with Crippen LogP contribution >= 0.6 is 11.6 Å². The van der Waals surface area contributed by atoms with Crippen LogP contribution in [0.1, 0.15) is 28.8 Å². The summed E-state index contributed by atoms with van der Waals surface area (Å²) in [5.74, 6) is 6.42. The fourth-order valence-corrected chi connectivity index (χ4v) is 2.60. The van der Waals surface area contributed by atoms with Gasteiger partial charge in [0.15, 0.2) is 5.58 Å². The van der Waals surface area contributed by atoms with Crippen LogP contribution in [0.15, 0.2) is 34.7 Å². The van der Waals surface area contributed by atoms with Gasteiger partial charge in [0.2, 0.25) is 0 Å². The molecule has 0 saturated heterocycles. The highest BCUT2D eigenvalue weighted by Gasteiger charge is 2.21. The van der Waals surface area contributed by atoms with E-state index in [4.69, 9.17) is 21.9 Å². The van der Waals surface area contributed by atoms with Crippen molar-refractivity contribution < 1.29 is 4.42 Å². The molecule has 0 bridgehead atoms. The van der Waals surface area contributed by atoms with Crippen LogP contribution in [0.4, 0.5) is 0 Å². The molecule has 0 aliphatic heterocycles. The Hall–Kier alpha value is -1.95. The Morgan fingerprint density at radius 2 is 2.05 bits per heavy atom. The number of benzene rings is 1. The molecule has 0 saturated carbocycles. The number of para-hydroxylation sites is 1. The van der Waals surface area contributed by atoms with Gasteiger partial charge in [0.1, 0.15) is 11.8 Å². The second-order valence-electron chi connectivity index (χ2n) is 4.93. The van der Waals surface area contributed by atoms with Crippen molar-refractivity contribution in [1.82, 2.24) is 15.6 Å². The van der Waals surface area contributed by atoms with Crippen molar-refractivity contribution in [1.29, 1.82) is 0 Å². The number of nitrogens with one attached hydrogen (secondary N) is 1. The predicted molar refractivity (Wildman–Crippen MR) is 81.9 cm³/mol. The van der Waals surface area contributed by atoms with Gasteiger partial charge in [0.25, 0.3) is 0 Å². The number of fused-ring (bicyclic) bond motifs is 1. The molecular weight excluding hydrogens is 288 g/mol. The Morgan fingerprint density at radius 3 is 2.76 bits per heavy atom. The van der Waals surface area contributed by atoms with E-state index in [1.54, 1.807) is 6.07 Å². The lowest BCUT2D eigenvalue weighted by molar-refractivity contribution is 0.474. The SMILES string of the molecule is Cc1cc(C(NN)c2cc3cccc(Cl)c3o2)c(C)nn1. The molecule has 0 spiro atoms. The predicted octanol–water partition coefficient (Wildman–Crippen LogP) is 3.05. The highest BCUT2D eigenvalue weighted by Crippen LogP contribution is 2.32. The van der Waals surface area contributed by atoms with E-state index in [-0.39, 0.29) is 6.04 Å². The molecule has 0 fully saturated rings. The number of hydrogen-bond donors (Lipinski definition) is 2. The van der Waals surface area contributed by atoms with Gasteiger partial charge in [-0.05, 0) is 32.0 Å². The van der Waals surface area contributed by atoms with E-state index in [0.29, 0.717) is 16.4 Å². The average Bonchev–Trinajstić information content (AvgIpc) is 2.89. The Kier molecular flexibility index (Phi) is 3.63. The number of aromatic nitrogens is 2. The zero-order valence-corrected chi connectivity index (χ0v) is 12.5. The summed E-state index contributed by atoms with van der Waals surface area (Å²) in [5.41, 5.74) is 5.99. The number of nitrogens with zero attached hydrogens (tertiary/aromatic N) is 2. The molecule has 21 heavy (non-hydrogen) atoms. The number of nitrogens with two attached hydrogens (primary N) is 1. The maximum atomic E-state index is 6.15. The van der Waals surface area contributed by atoms with E-state index in [1.165, 1.54) is 0 Å². The first-order chi connectivity index (χ1) is 10.1. The molecule has 1 atom stereocenters. The molecule has 3 N–H and O–H groups in total. The largest absolute Gasteiger partial charge is 0.457 e. The summed E-state index contributed by atoms with van der Waals surface area (Å²) in [6, 6.07) is 9.21. The molecule has 108 valence electrons. The number of hydrazine groups is 1. The fraction of sp³-hybridized carbons (Fsp3) is 0.200. The van der Waals surface area contributed by atoms with Gasteiger partial charge >= 0.3 is 0 Å². The third-order valence-electron chi connectivity index (χ3n) is 3.42. The summed E-state index contributed by atoms with van der Waals surface area (Å²) >= 11 is 6.15. The first-order valence-electron chi connectivity index (χ1n) is 6.55. The number of rotatable bonds is 3. The number of furan rings is 1. The topological polar surface area (TPSA) is 77.0 Å². The zero-order chi connectivity index (χ0) is 15.0. The summed E-state index contributed by atoms with van der Waals surface area (Å²) in [6.45, 7) is 3.78. The molecular formula is C15H15ClN4O. The van der Waals surface area contributed by atoms with Crippen molar-refractivity contribution in [3.63, 3.8) is 0 Å². The van der Waals surface area contributed by atoms with Crippen LogP contribution in [0.3, 0.4) is 0 Å². The molecule has 2 aromatic heterocycles. The first kappa shape index (κ1) is 14.0. The monoisotopic (exact) mass is 302 g/mol. The van der Waals surface area contributed by atoms with Gasteiger partial charge in [-0.15, -0.1) is 0 Å². The summed E-state index contributed by atoms with van der Waals surface area (Å²) in [6.07, 6.45) is 0. The number of halogens is 1.